The summed E-state index contributed by atoms with van der Waals surface area (Å²) in [5.74, 6) is 2.04. The highest BCUT2D eigenvalue weighted by atomic mass is 16.5. The van der Waals surface area contributed by atoms with E-state index in [1.54, 1.807) is 7.11 Å². The van der Waals surface area contributed by atoms with Gasteiger partial charge in [-0.05, 0) is 48.8 Å². The van der Waals surface area contributed by atoms with Crippen molar-refractivity contribution in [1.82, 2.24) is 0 Å². The number of methoxy groups -OCH3 is 1. The van der Waals surface area contributed by atoms with Crippen LogP contribution >= 0.6 is 0 Å². The third-order valence-corrected chi connectivity index (χ3v) is 5.97. The smallest absolute Gasteiger partial charge is 0.496 e. The molecule has 0 radical (unpaired) electrons. The zero-order chi connectivity index (χ0) is 21.4. The van der Waals surface area contributed by atoms with E-state index in [1.807, 2.05) is 6.07 Å². The Labute approximate surface area is 184 Å². The average molecular weight is 406 g/mol. The number of hydrogen-bond donors (Lipinski definition) is 0. The van der Waals surface area contributed by atoms with Crippen LogP contribution in [-0.2, 0) is 7.05 Å². The monoisotopic (exact) mass is 406 g/mol. The zero-order valence-electron chi connectivity index (χ0n) is 18.1. The van der Waals surface area contributed by atoms with E-state index in [0.29, 0.717) is 0 Å². The molecular formula is C26H25BN3O+. The number of fused-ring (bicyclic) bond motifs is 1. The summed E-state index contributed by atoms with van der Waals surface area (Å²) in [6.45, 7) is 2.10. The van der Waals surface area contributed by atoms with Crippen molar-refractivity contribution < 1.29 is 9.30 Å². The van der Waals surface area contributed by atoms with Crippen LogP contribution in [0.25, 0.3) is 0 Å². The summed E-state index contributed by atoms with van der Waals surface area (Å²) in [4.78, 5) is 4.85. The summed E-state index contributed by atoms with van der Waals surface area (Å²) in [5.41, 5.74) is 5.81. The predicted molar refractivity (Wildman–Crippen MR) is 128 cm³/mol. The molecule has 0 atom stereocenters. The predicted octanol–water partition coefficient (Wildman–Crippen LogP) is 4.51. The molecule has 2 heterocycles. The normalized spacial score (nSPS) is 12.8. The highest BCUT2D eigenvalue weighted by Gasteiger charge is 2.52. The summed E-state index contributed by atoms with van der Waals surface area (Å²) in [7, 11) is 3.84. The van der Waals surface area contributed by atoms with Gasteiger partial charge in [0.25, 0.3) is 5.82 Å². The average Bonchev–Trinajstić information content (AvgIpc) is 3.16. The molecule has 0 amide bonds. The fraction of sp³-hybridized carbons (Fsp3) is 0.115. The first-order chi connectivity index (χ1) is 15.2. The van der Waals surface area contributed by atoms with Crippen molar-refractivity contribution in [2.24, 2.45) is 7.05 Å². The molecule has 0 aliphatic carbocycles. The van der Waals surface area contributed by atoms with Gasteiger partial charge in [-0.25, -0.2) is 4.57 Å². The van der Waals surface area contributed by atoms with Gasteiger partial charge in [-0.3, -0.25) is 4.81 Å². The molecule has 0 saturated carbocycles. The second-order valence-electron chi connectivity index (χ2n) is 7.79. The van der Waals surface area contributed by atoms with E-state index in [2.05, 4.69) is 119 Å². The molecule has 0 bridgehead atoms. The Morgan fingerprint density at radius 2 is 1.42 bits per heavy atom. The van der Waals surface area contributed by atoms with Crippen molar-refractivity contribution in [3.8, 4) is 5.75 Å². The molecule has 1 aliphatic rings. The number of rotatable bonds is 4. The first-order valence-corrected chi connectivity index (χ1v) is 10.5. The minimum absolute atomic E-state index is 0.0296. The molecule has 152 valence electrons. The van der Waals surface area contributed by atoms with E-state index in [4.69, 9.17) is 4.74 Å². The van der Waals surface area contributed by atoms with Crippen molar-refractivity contribution >= 4 is 35.3 Å². The van der Waals surface area contributed by atoms with Gasteiger partial charge in [0.15, 0.2) is 0 Å². The van der Waals surface area contributed by atoms with Crippen LogP contribution in [0.15, 0.2) is 97.2 Å². The van der Waals surface area contributed by atoms with E-state index in [0.717, 1.165) is 28.5 Å². The Morgan fingerprint density at radius 1 is 0.742 bits per heavy atom. The molecular weight excluding hydrogens is 381 g/mol. The van der Waals surface area contributed by atoms with E-state index < -0.39 is 0 Å². The lowest BCUT2D eigenvalue weighted by atomic mass is 9.64. The molecule has 0 saturated heterocycles. The third-order valence-electron chi connectivity index (χ3n) is 5.97. The summed E-state index contributed by atoms with van der Waals surface area (Å²) in [6, 6.07) is 31.9. The molecule has 0 N–H and O–H groups in total. The van der Waals surface area contributed by atoms with Crippen LogP contribution in [0, 0.1) is 6.92 Å². The summed E-state index contributed by atoms with van der Waals surface area (Å²) in [5, 5.41) is 0. The number of anilines is 4. The lowest BCUT2D eigenvalue weighted by molar-refractivity contribution is -0.657. The Balaban J connectivity index is 1.82. The van der Waals surface area contributed by atoms with E-state index >= 15 is 0 Å². The first kappa shape index (κ1) is 19.3. The van der Waals surface area contributed by atoms with Crippen LogP contribution < -0.4 is 24.4 Å². The molecule has 0 fully saturated rings. The fourth-order valence-corrected chi connectivity index (χ4v) is 4.56. The van der Waals surface area contributed by atoms with Gasteiger partial charge >= 0.3 is 6.98 Å². The van der Waals surface area contributed by atoms with Crippen LogP contribution in [0.4, 0.5) is 22.9 Å². The Morgan fingerprint density at radius 3 is 2.13 bits per heavy atom. The number of aryl methyl sites for hydroxylation is 1. The van der Waals surface area contributed by atoms with Crippen LogP contribution in [0.3, 0.4) is 0 Å². The molecule has 0 spiro atoms. The lowest BCUT2D eigenvalue weighted by Crippen LogP contribution is -2.54. The number of nitrogens with zero attached hydrogens (tertiary/aromatic N) is 3. The van der Waals surface area contributed by atoms with Crippen LogP contribution in [0.2, 0.25) is 0 Å². The van der Waals surface area contributed by atoms with Crippen LogP contribution in [0.5, 0.6) is 5.75 Å². The van der Waals surface area contributed by atoms with Crippen molar-refractivity contribution in [3.63, 3.8) is 0 Å². The van der Waals surface area contributed by atoms with Gasteiger partial charge in [0.2, 0.25) is 0 Å². The topological polar surface area (TPSA) is 19.6 Å². The highest BCUT2D eigenvalue weighted by Crippen LogP contribution is 2.45. The van der Waals surface area contributed by atoms with Crippen molar-refractivity contribution in [1.29, 1.82) is 0 Å². The van der Waals surface area contributed by atoms with Gasteiger partial charge in [0.05, 0.1) is 20.4 Å². The van der Waals surface area contributed by atoms with Crippen molar-refractivity contribution in [2.45, 2.75) is 6.92 Å². The summed E-state index contributed by atoms with van der Waals surface area (Å²) < 4.78 is 7.87. The zero-order valence-corrected chi connectivity index (χ0v) is 18.1. The van der Waals surface area contributed by atoms with Gasteiger partial charge in [0, 0.05) is 11.3 Å². The van der Waals surface area contributed by atoms with E-state index in [9.17, 15) is 0 Å². The molecule has 3 aromatic carbocycles. The minimum atomic E-state index is -0.0296. The molecule has 5 rings (SSSR count). The van der Waals surface area contributed by atoms with Crippen molar-refractivity contribution in [2.75, 3.05) is 16.7 Å². The second-order valence-corrected chi connectivity index (χ2v) is 7.79. The van der Waals surface area contributed by atoms with E-state index in [1.165, 1.54) is 11.2 Å². The molecule has 31 heavy (non-hydrogen) atoms. The van der Waals surface area contributed by atoms with E-state index in [-0.39, 0.29) is 6.98 Å². The molecule has 1 aromatic heterocycles. The third kappa shape index (κ3) is 3.14. The fourth-order valence-electron chi connectivity index (χ4n) is 4.56. The Kier molecular flexibility index (Phi) is 4.87. The maximum Gasteiger partial charge on any atom is 0.542 e. The maximum absolute atomic E-state index is 5.67. The second kappa shape index (κ2) is 7.84. The first-order valence-electron chi connectivity index (χ1n) is 10.5. The Bertz CT molecular complexity index is 1210. The molecule has 5 heteroatoms. The Hall–Kier alpha value is -3.73. The lowest BCUT2D eigenvalue weighted by Gasteiger charge is -2.25. The number of benzene rings is 3. The molecule has 0 unspecified atom stereocenters. The maximum atomic E-state index is 5.67. The summed E-state index contributed by atoms with van der Waals surface area (Å²) >= 11 is 0. The van der Waals surface area contributed by atoms with Crippen LogP contribution in [-0.4, -0.2) is 14.1 Å². The number of hydrogen-bond acceptors (Lipinski definition) is 3. The molecule has 4 nitrogen and oxygen atoms in total. The highest BCUT2D eigenvalue weighted by molar-refractivity contribution is 6.84. The van der Waals surface area contributed by atoms with Crippen molar-refractivity contribution in [3.05, 3.63) is 103 Å². The number of ether oxygens (including phenoxy) is 1. The SMILES string of the molecule is COc1cccc(N2B(c3ccccc3)N(c3ccccc3)c3ccc[n+](C)c32)c1C. The summed E-state index contributed by atoms with van der Waals surface area (Å²) in [6.07, 6.45) is 2.11. The number of pyridine rings is 1. The van der Waals surface area contributed by atoms with Gasteiger partial charge in [-0.2, -0.15) is 0 Å². The molecule has 1 aliphatic heterocycles. The van der Waals surface area contributed by atoms with Gasteiger partial charge in [-0.1, -0.05) is 54.6 Å². The molecule has 4 aromatic rings. The quantitative estimate of drug-likeness (QED) is 0.367. The van der Waals surface area contributed by atoms with Gasteiger partial charge < -0.3 is 9.55 Å². The van der Waals surface area contributed by atoms with Gasteiger partial charge in [0.1, 0.15) is 17.1 Å². The minimum Gasteiger partial charge on any atom is -0.496 e. The van der Waals surface area contributed by atoms with Crippen LogP contribution in [0.1, 0.15) is 5.56 Å². The van der Waals surface area contributed by atoms with Gasteiger partial charge in [-0.15, -0.1) is 0 Å². The largest absolute Gasteiger partial charge is 0.542 e. The standard InChI is InChI=1S/C26H25BN3O/c1-20-23(16-10-18-25(20)31-3)30-26-24(17-11-19-28(26)2)29(22-14-8-5-9-15-22)27(30)21-12-6-4-7-13-21/h4-19H,1-3H3/q+1. The number of para-hydroxylation sites is 1. The number of aromatic nitrogens is 1.